The first-order chi connectivity index (χ1) is 17.0. The Bertz CT molecular complexity index is 1080. The molecule has 1 saturated heterocycles. The highest BCUT2D eigenvalue weighted by atomic mass is 16.5. The molecule has 7 heteroatoms. The molecule has 1 aromatic carbocycles. The summed E-state index contributed by atoms with van der Waals surface area (Å²) < 4.78 is 7.52. The highest BCUT2D eigenvalue weighted by Crippen LogP contribution is 2.18. The Morgan fingerprint density at radius 3 is 2.37 bits per heavy atom. The van der Waals surface area contributed by atoms with Crippen LogP contribution in [0, 0.1) is 6.92 Å². The number of nitrogens with zero attached hydrogens (tertiary/aromatic N) is 1. The molecule has 0 bridgehead atoms. The lowest BCUT2D eigenvalue weighted by molar-refractivity contribution is 0.0914. The molecule has 2 heterocycles. The van der Waals surface area contributed by atoms with Crippen molar-refractivity contribution in [3.63, 3.8) is 0 Å². The quantitative estimate of drug-likeness (QED) is 0.626. The van der Waals surface area contributed by atoms with Crippen LogP contribution in [-0.2, 0) is 17.8 Å². The van der Waals surface area contributed by atoms with Crippen molar-refractivity contribution in [1.82, 2.24) is 15.2 Å². The average Bonchev–Trinajstić information content (AvgIpc) is 3.33. The predicted octanol–water partition coefficient (Wildman–Crippen LogP) is 4.11. The van der Waals surface area contributed by atoms with E-state index < -0.39 is 17.2 Å². The van der Waals surface area contributed by atoms with E-state index in [2.05, 4.69) is 10.6 Å². The topological polar surface area (TPSA) is 89.4 Å². The van der Waals surface area contributed by atoms with Crippen LogP contribution < -0.4 is 16.1 Å². The second kappa shape index (κ2) is 12.2. The smallest absolute Gasteiger partial charge is 0.257 e. The second-order valence-corrected chi connectivity index (χ2v) is 9.93. The molecule has 0 spiro atoms. The predicted molar refractivity (Wildman–Crippen MR) is 136 cm³/mol. The molecule has 7 nitrogen and oxygen atoms in total. The van der Waals surface area contributed by atoms with Gasteiger partial charge in [0.15, 0.2) is 0 Å². The number of carbonyl (C=O) groups is 2. The van der Waals surface area contributed by atoms with Gasteiger partial charge in [-0.2, -0.15) is 0 Å². The monoisotopic (exact) mass is 479 g/mol. The van der Waals surface area contributed by atoms with Crippen molar-refractivity contribution < 1.29 is 14.3 Å². The second-order valence-electron chi connectivity index (χ2n) is 9.93. The first-order valence-corrected chi connectivity index (χ1v) is 13.0. The lowest BCUT2D eigenvalue weighted by Crippen LogP contribution is -2.40. The van der Waals surface area contributed by atoms with Gasteiger partial charge in [-0.3, -0.25) is 14.4 Å². The Kier molecular flexibility index (Phi) is 8.74. The summed E-state index contributed by atoms with van der Waals surface area (Å²) in [5.41, 5.74) is 1.53. The molecular weight excluding hydrogens is 442 g/mol. The zero-order valence-corrected chi connectivity index (χ0v) is 20.7. The van der Waals surface area contributed by atoms with Crippen LogP contribution in [0.25, 0.3) is 0 Å². The fraction of sp³-hybridized carbons (Fsp3) is 0.536. The van der Waals surface area contributed by atoms with Crippen LogP contribution in [0.1, 0.15) is 89.6 Å². The van der Waals surface area contributed by atoms with Crippen LogP contribution in [0.2, 0.25) is 0 Å². The number of aryl methyl sites for hydroxylation is 1. The molecule has 1 unspecified atom stereocenters. The van der Waals surface area contributed by atoms with Crippen LogP contribution in [-0.4, -0.2) is 35.1 Å². The first-order valence-electron chi connectivity index (χ1n) is 13.0. The number of hydrogen-bond donors (Lipinski definition) is 2. The van der Waals surface area contributed by atoms with E-state index in [1.807, 2.05) is 31.2 Å². The summed E-state index contributed by atoms with van der Waals surface area (Å²) >= 11 is 0. The van der Waals surface area contributed by atoms with E-state index in [1.54, 1.807) is 17.0 Å². The third-order valence-corrected chi connectivity index (χ3v) is 6.98. The number of nitrogens with one attached hydrogen (secondary N) is 2. The number of hydrogen-bond acceptors (Lipinski definition) is 4. The van der Waals surface area contributed by atoms with Crippen molar-refractivity contribution in [2.75, 3.05) is 6.61 Å². The van der Waals surface area contributed by atoms with Crippen molar-refractivity contribution in [1.29, 1.82) is 0 Å². The lowest BCUT2D eigenvalue weighted by atomic mass is 9.96. The van der Waals surface area contributed by atoms with Crippen molar-refractivity contribution in [2.24, 2.45) is 0 Å². The number of pyridine rings is 1. The molecule has 1 aromatic heterocycles. The Morgan fingerprint density at radius 2 is 1.69 bits per heavy atom. The van der Waals surface area contributed by atoms with Gasteiger partial charge in [0, 0.05) is 38.1 Å². The van der Waals surface area contributed by atoms with E-state index in [9.17, 15) is 14.4 Å². The van der Waals surface area contributed by atoms with Gasteiger partial charge < -0.3 is 19.9 Å². The molecule has 1 atom stereocenters. The van der Waals surface area contributed by atoms with Gasteiger partial charge in [-0.15, -0.1) is 0 Å². The molecule has 35 heavy (non-hydrogen) atoms. The minimum absolute atomic E-state index is 0.0130. The van der Waals surface area contributed by atoms with E-state index in [4.69, 9.17) is 4.74 Å². The van der Waals surface area contributed by atoms with E-state index in [0.717, 1.165) is 49.7 Å². The van der Waals surface area contributed by atoms with Crippen LogP contribution in [0.3, 0.4) is 0 Å². The van der Waals surface area contributed by atoms with Gasteiger partial charge in [-0.1, -0.05) is 61.9 Å². The van der Waals surface area contributed by atoms with Gasteiger partial charge in [0.1, 0.15) is 11.1 Å². The molecule has 2 aliphatic rings. The van der Waals surface area contributed by atoms with Crippen LogP contribution >= 0.6 is 0 Å². The molecule has 2 fully saturated rings. The highest BCUT2D eigenvalue weighted by Gasteiger charge is 2.23. The zero-order valence-electron chi connectivity index (χ0n) is 20.7. The maximum absolute atomic E-state index is 13.3. The van der Waals surface area contributed by atoms with Gasteiger partial charge in [-0.25, -0.2) is 0 Å². The molecular formula is C28H37N3O4. The van der Waals surface area contributed by atoms with E-state index in [0.29, 0.717) is 19.7 Å². The number of amides is 2. The summed E-state index contributed by atoms with van der Waals surface area (Å²) in [6.45, 7) is 3.52. The zero-order chi connectivity index (χ0) is 24.6. The molecule has 2 aromatic rings. The standard InChI is InChI=1S/C28H37N3O4/c1-20-9-7-10-21(15-20)16-29-27(33)24-18-31(17-23-13-8-14-35-23)19-25(26(24)32)28(34)30-22-11-5-3-2-4-6-12-22/h7,9-10,15,18-19,22-23H,2-6,8,11-14,16-17H2,1H3,(H,29,33)(H,30,34). The van der Waals surface area contributed by atoms with E-state index in [-0.39, 0.29) is 23.3 Å². The van der Waals surface area contributed by atoms with Crippen LogP contribution in [0.5, 0.6) is 0 Å². The Labute approximate surface area is 207 Å². The maximum atomic E-state index is 13.3. The van der Waals surface area contributed by atoms with Crippen molar-refractivity contribution in [3.05, 3.63) is 69.1 Å². The molecule has 0 radical (unpaired) electrons. The Morgan fingerprint density at radius 1 is 0.971 bits per heavy atom. The van der Waals surface area contributed by atoms with Gasteiger partial charge in [-0.05, 0) is 38.2 Å². The van der Waals surface area contributed by atoms with E-state index in [1.165, 1.54) is 19.3 Å². The molecule has 4 rings (SSSR count). The Balaban J connectivity index is 1.55. The molecule has 2 amide bonds. The fourth-order valence-electron chi connectivity index (χ4n) is 5.05. The first kappa shape index (κ1) is 25.2. The Hall–Kier alpha value is -2.93. The molecule has 2 N–H and O–H groups in total. The summed E-state index contributed by atoms with van der Waals surface area (Å²) in [4.78, 5) is 39.6. The summed E-state index contributed by atoms with van der Waals surface area (Å²) in [6.07, 6.45) is 12.7. The van der Waals surface area contributed by atoms with Crippen molar-refractivity contribution >= 4 is 11.8 Å². The van der Waals surface area contributed by atoms with Crippen LogP contribution in [0.4, 0.5) is 0 Å². The van der Waals surface area contributed by atoms with Crippen molar-refractivity contribution in [3.8, 4) is 0 Å². The molecule has 1 aliphatic heterocycles. The van der Waals surface area contributed by atoms with Gasteiger partial charge in [0.25, 0.3) is 11.8 Å². The lowest BCUT2D eigenvalue weighted by Gasteiger charge is -2.21. The summed E-state index contributed by atoms with van der Waals surface area (Å²) in [5, 5.41) is 5.93. The minimum Gasteiger partial charge on any atom is -0.376 e. The van der Waals surface area contributed by atoms with E-state index >= 15 is 0 Å². The number of ether oxygens (including phenoxy) is 1. The number of aromatic nitrogens is 1. The van der Waals surface area contributed by atoms with Crippen molar-refractivity contribution in [2.45, 2.75) is 89.9 Å². The summed E-state index contributed by atoms with van der Waals surface area (Å²) in [7, 11) is 0. The molecule has 1 saturated carbocycles. The van der Waals surface area contributed by atoms with Gasteiger partial charge >= 0.3 is 0 Å². The van der Waals surface area contributed by atoms with Gasteiger partial charge in [0.05, 0.1) is 6.10 Å². The third kappa shape index (κ3) is 7.04. The third-order valence-electron chi connectivity index (χ3n) is 6.98. The number of rotatable bonds is 7. The maximum Gasteiger partial charge on any atom is 0.257 e. The normalized spacial score (nSPS) is 19.1. The van der Waals surface area contributed by atoms with Crippen LogP contribution in [0.15, 0.2) is 41.5 Å². The largest absolute Gasteiger partial charge is 0.376 e. The number of benzene rings is 1. The SMILES string of the molecule is Cc1cccc(CNC(=O)c2cn(CC3CCCO3)cc(C(=O)NC3CCCCCCC3)c2=O)c1. The number of carbonyl (C=O) groups excluding carboxylic acids is 2. The molecule has 188 valence electrons. The summed E-state index contributed by atoms with van der Waals surface area (Å²) in [5.74, 6) is -0.867. The average molecular weight is 480 g/mol. The minimum atomic E-state index is -0.529. The highest BCUT2D eigenvalue weighted by molar-refractivity contribution is 5.99. The van der Waals surface area contributed by atoms with Gasteiger partial charge in [0.2, 0.25) is 5.43 Å². The fourth-order valence-corrected chi connectivity index (χ4v) is 5.05. The molecule has 1 aliphatic carbocycles. The summed E-state index contributed by atoms with van der Waals surface area (Å²) in [6, 6.07) is 7.92.